The Labute approximate surface area is 121 Å². The van der Waals surface area contributed by atoms with Crippen molar-refractivity contribution in [3.63, 3.8) is 0 Å². The minimum atomic E-state index is 0.101. The Morgan fingerprint density at radius 1 is 1.30 bits per heavy atom. The van der Waals surface area contributed by atoms with Crippen molar-refractivity contribution >= 4 is 0 Å². The maximum atomic E-state index is 5.37. The number of hydrogen-bond acceptors (Lipinski definition) is 6. The van der Waals surface area contributed by atoms with Crippen molar-refractivity contribution < 1.29 is 4.74 Å². The highest BCUT2D eigenvalue weighted by atomic mass is 16.5. The van der Waals surface area contributed by atoms with E-state index in [0.29, 0.717) is 11.9 Å². The van der Waals surface area contributed by atoms with Gasteiger partial charge in [0.05, 0.1) is 13.2 Å². The van der Waals surface area contributed by atoms with Crippen LogP contribution in [0.5, 0.6) is 5.88 Å². The van der Waals surface area contributed by atoms with Gasteiger partial charge < -0.3 is 19.9 Å². The fraction of sp³-hybridized carbons (Fsp3) is 0.714. The number of aromatic nitrogens is 2. The summed E-state index contributed by atoms with van der Waals surface area (Å²) in [5.74, 6) is 0.604. The number of hydrogen-bond donors (Lipinski definition) is 1. The van der Waals surface area contributed by atoms with Crippen molar-refractivity contribution in [2.24, 2.45) is 0 Å². The lowest BCUT2D eigenvalue weighted by Gasteiger charge is -2.34. The summed E-state index contributed by atoms with van der Waals surface area (Å²) in [6.45, 7) is 3.23. The van der Waals surface area contributed by atoms with E-state index >= 15 is 0 Å². The molecule has 2 rings (SSSR count). The average Bonchev–Trinajstić information content (AvgIpc) is 2.62. The number of likely N-dealkylation sites (N-methyl/N-ethyl adjacent to an activating group) is 3. The first-order valence-electron chi connectivity index (χ1n) is 7.08. The van der Waals surface area contributed by atoms with Crippen LogP contribution >= 0.6 is 0 Å². The van der Waals surface area contributed by atoms with Crippen LogP contribution < -0.4 is 10.1 Å². The molecule has 0 saturated carbocycles. The highest BCUT2D eigenvalue weighted by molar-refractivity contribution is 5.23. The second-order valence-electron chi connectivity index (χ2n) is 5.38. The Kier molecular flexibility index (Phi) is 5.28. The molecule has 1 aromatic rings. The van der Waals surface area contributed by atoms with Crippen LogP contribution in [0.4, 0.5) is 0 Å². The summed E-state index contributed by atoms with van der Waals surface area (Å²) in [6.07, 6.45) is 4.58. The lowest BCUT2D eigenvalue weighted by atomic mass is 10.0. The van der Waals surface area contributed by atoms with Gasteiger partial charge in [-0.1, -0.05) is 0 Å². The standard InChI is InChI=1S/C14H25N5O/c1-15-12(13-14(20-4)17-7-6-16-13)11-10-18(2)8-5-9-19(11)3/h6-7,11-12,15H,5,8-10H2,1-4H3. The molecule has 2 unspecified atom stereocenters. The smallest absolute Gasteiger partial charge is 0.237 e. The van der Waals surface area contributed by atoms with E-state index in [9.17, 15) is 0 Å². The number of ether oxygens (including phenoxy) is 1. The molecule has 2 atom stereocenters. The molecule has 6 nitrogen and oxygen atoms in total. The van der Waals surface area contributed by atoms with Gasteiger partial charge >= 0.3 is 0 Å². The Hall–Kier alpha value is -1.24. The third-order valence-corrected chi connectivity index (χ3v) is 3.99. The fourth-order valence-electron chi connectivity index (χ4n) is 2.88. The molecule has 0 radical (unpaired) electrons. The average molecular weight is 279 g/mol. The largest absolute Gasteiger partial charge is 0.480 e. The van der Waals surface area contributed by atoms with Gasteiger partial charge in [0.2, 0.25) is 5.88 Å². The van der Waals surface area contributed by atoms with Crippen LogP contribution in [0.3, 0.4) is 0 Å². The second kappa shape index (κ2) is 6.97. The van der Waals surface area contributed by atoms with Crippen LogP contribution in [-0.4, -0.2) is 73.7 Å². The quantitative estimate of drug-likeness (QED) is 0.860. The molecular weight excluding hydrogens is 254 g/mol. The van der Waals surface area contributed by atoms with Crippen molar-refractivity contribution in [1.29, 1.82) is 0 Å². The van der Waals surface area contributed by atoms with Crippen molar-refractivity contribution in [3.8, 4) is 5.88 Å². The lowest BCUT2D eigenvalue weighted by Crippen LogP contribution is -2.46. The van der Waals surface area contributed by atoms with Gasteiger partial charge in [0.25, 0.3) is 0 Å². The van der Waals surface area contributed by atoms with Crippen molar-refractivity contribution in [2.45, 2.75) is 18.5 Å². The van der Waals surface area contributed by atoms with Crippen LogP contribution in [0.15, 0.2) is 12.4 Å². The van der Waals surface area contributed by atoms with Gasteiger partial charge in [-0.25, -0.2) is 4.98 Å². The van der Waals surface area contributed by atoms with Gasteiger partial charge in [0, 0.05) is 25.0 Å². The van der Waals surface area contributed by atoms with E-state index in [1.807, 2.05) is 7.05 Å². The van der Waals surface area contributed by atoms with Gasteiger partial charge in [-0.15, -0.1) is 0 Å². The zero-order valence-corrected chi connectivity index (χ0v) is 12.8. The first-order chi connectivity index (χ1) is 9.67. The summed E-state index contributed by atoms with van der Waals surface area (Å²) < 4.78 is 5.37. The van der Waals surface area contributed by atoms with Crippen LogP contribution in [0.1, 0.15) is 18.2 Å². The highest BCUT2D eigenvalue weighted by Crippen LogP contribution is 2.26. The SMILES string of the molecule is CNC(c1nccnc1OC)C1CN(C)CCCN1C. The van der Waals surface area contributed by atoms with Gasteiger partial charge in [0.1, 0.15) is 5.69 Å². The summed E-state index contributed by atoms with van der Waals surface area (Å²) in [6, 6.07) is 0.447. The monoisotopic (exact) mass is 279 g/mol. The predicted octanol–water partition coefficient (Wildman–Crippen LogP) is 0.382. The topological polar surface area (TPSA) is 53.5 Å². The van der Waals surface area contributed by atoms with Gasteiger partial charge in [-0.2, -0.15) is 0 Å². The van der Waals surface area contributed by atoms with Crippen LogP contribution in [-0.2, 0) is 0 Å². The van der Waals surface area contributed by atoms with E-state index in [-0.39, 0.29) is 6.04 Å². The normalized spacial score (nSPS) is 23.3. The van der Waals surface area contributed by atoms with E-state index < -0.39 is 0 Å². The van der Waals surface area contributed by atoms with Crippen LogP contribution in [0.25, 0.3) is 0 Å². The van der Waals surface area contributed by atoms with Crippen molar-refractivity contribution in [2.75, 3.05) is 47.9 Å². The summed E-state index contributed by atoms with van der Waals surface area (Å²) in [7, 11) is 7.96. The fourth-order valence-corrected chi connectivity index (χ4v) is 2.88. The summed E-state index contributed by atoms with van der Waals surface area (Å²) >= 11 is 0. The Morgan fingerprint density at radius 2 is 2.05 bits per heavy atom. The molecule has 1 aliphatic heterocycles. The number of nitrogens with one attached hydrogen (secondary N) is 1. The molecule has 20 heavy (non-hydrogen) atoms. The molecule has 0 aromatic carbocycles. The minimum absolute atomic E-state index is 0.101. The van der Waals surface area contributed by atoms with E-state index in [0.717, 1.165) is 25.3 Å². The van der Waals surface area contributed by atoms with Crippen LogP contribution in [0, 0.1) is 0 Å². The first kappa shape index (κ1) is 15.2. The molecule has 1 aromatic heterocycles. The van der Waals surface area contributed by atoms with Crippen LogP contribution in [0.2, 0.25) is 0 Å². The molecule has 0 aliphatic carbocycles. The zero-order valence-electron chi connectivity index (χ0n) is 12.8. The molecule has 2 heterocycles. The molecule has 1 aliphatic rings. The lowest BCUT2D eigenvalue weighted by molar-refractivity contribution is 0.178. The van der Waals surface area contributed by atoms with E-state index in [4.69, 9.17) is 4.74 Å². The molecule has 1 saturated heterocycles. The Bertz CT molecular complexity index is 428. The molecule has 6 heteroatoms. The summed E-state index contributed by atoms with van der Waals surface area (Å²) in [5, 5.41) is 3.39. The molecule has 0 bridgehead atoms. The zero-order chi connectivity index (χ0) is 14.5. The molecule has 0 amide bonds. The van der Waals surface area contributed by atoms with Crippen molar-refractivity contribution in [3.05, 3.63) is 18.1 Å². The summed E-state index contributed by atoms with van der Waals surface area (Å²) in [4.78, 5) is 13.5. The van der Waals surface area contributed by atoms with E-state index in [1.165, 1.54) is 6.42 Å². The number of methoxy groups -OCH3 is 1. The molecule has 0 spiro atoms. The minimum Gasteiger partial charge on any atom is -0.480 e. The third kappa shape index (κ3) is 3.26. The third-order valence-electron chi connectivity index (χ3n) is 3.99. The Morgan fingerprint density at radius 3 is 2.75 bits per heavy atom. The predicted molar refractivity (Wildman–Crippen MR) is 78.9 cm³/mol. The summed E-state index contributed by atoms with van der Waals surface area (Å²) in [5.41, 5.74) is 0.879. The molecule has 1 N–H and O–H groups in total. The molecule has 112 valence electrons. The number of nitrogens with zero attached hydrogens (tertiary/aromatic N) is 4. The van der Waals surface area contributed by atoms with Crippen molar-refractivity contribution in [1.82, 2.24) is 25.1 Å². The van der Waals surface area contributed by atoms with Gasteiger partial charge in [0.15, 0.2) is 0 Å². The Balaban J connectivity index is 2.29. The van der Waals surface area contributed by atoms with Gasteiger partial charge in [-0.3, -0.25) is 4.98 Å². The van der Waals surface area contributed by atoms with E-state index in [1.54, 1.807) is 19.5 Å². The van der Waals surface area contributed by atoms with Gasteiger partial charge in [-0.05, 0) is 40.7 Å². The maximum Gasteiger partial charge on any atom is 0.237 e. The van der Waals surface area contributed by atoms with E-state index in [2.05, 4.69) is 39.2 Å². The maximum absolute atomic E-state index is 5.37. The first-order valence-corrected chi connectivity index (χ1v) is 7.08. The second-order valence-corrected chi connectivity index (χ2v) is 5.38. The molecular formula is C14H25N5O. The highest BCUT2D eigenvalue weighted by Gasteiger charge is 2.31. The molecule has 1 fully saturated rings. The number of rotatable bonds is 4.